The molecule has 0 atom stereocenters. The van der Waals surface area contributed by atoms with E-state index in [2.05, 4.69) is 10.3 Å². The first-order valence-corrected chi connectivity index (χ1v) is 5.54. The maximum atomic E-state index is 11.5. The largest absolute Gasteiger partial charge is 0.449 e. The smallest absolute Gasteiger partial charge is 0.220 e. The average Bonchev–Trinajstić information content (AvgIpc) is 2.48. The third kappa shape index (κ3) is 4.96. The van der Waals surface area contributed by atoms with Crippen LogP contribution in [0.5, 0.6) is 0 Å². The van der Waals surface area contributed by atoms with Gasteiger partial charge in [-0.05, 0) is 5.41 Å². The zero-order valence-electron chi connectivity index (χ0n) is 10.5. The van der Waals surface area contributed by atoms with Crippen molar-refractivity contribution in [2.24, 2.45) is 5.41 Å². The molecule has 1 aromatic heterocycles. The number of hydrogen-bond acceptors (Lipinski definition) is 3. The number of hydrogen-bond donors (Lipinski definition) is 1. The van der Waals surface area contributed by atoms with Gasteiger partial charge >= 0.3 is 0 Å². The van der Waals surface area contributed by atoms with E-state index in [1.54, 1.807) is 6.26 Å². The van der Waals surface area contributed by atoms with E-state index in [4.69, 9.17) is 4.42 Å². The van der Waals surface area contributed by atoms with Gasteiger partial charge in [0.05, 0.1) is 5.69 Å². The van der Waals surface area contributed by atoms with Crippen molar-refractivity contribution in [3.8, 4) is 0 Å². The minimum Gasteiger partial charge on any atom is -0.449 e. The van der Waals surface area contributed by atoms with Crippen LogP contribution >= 0.6 is 0 Å². The van der Waals surface area contributed by atoms with Gasteiger partial charge in [-0.25, -0.2) is 4.98 Å². The van der Waals surface area contributed by atoms with Crippen molar-refractivity contribution in [3.63, 3.8) is 0 Å². The molecule has 1 rings (SSSR count). The molecule has 0 radical (unpaired) electrons. The fourth-order valence-corrected chi connectivity index (χ4v) is 1.40. The molecule has 0 fully saturated rings. The molecule has 0 aliphatic carbocycles. The Balaban J connectivity index is 2.23. The molecule has 4 nitrogen and oxygen atoms in total. The quantitative estimate of drug-likeness (QED) is 0.851. The summed E-state index contributed by atoms with van der Waals surface area (Å²) in [5, 5.41) is 2.88. The van der Waals surface area contributed by atoms with Crippen LogP contribution in [0.2, 0.25) is 0 Å². The average molecular weight is 224 g/mol. The third-order valence-electron chi connectivity index (χ3n) is 2.06. The summed E-state index contributed by atoms with van der Waals surface area (Å²) in [5.74, 6) is 0.753. The SMILES string of the molecule is Cc1nc(CCNC(=O)CC(C)(C)C)co1. The Hall–Kier alpha value is -1.32. The van der Waals surface area contributed by atoms with Crippen molar-refractivity contribution in [2.75, 3.05) is 6.54 Å². The van der Waals surface area contributed by atoms with Crippen molar-refractivity contribution in [1.82, 2.24) is 10.3 Å². The van der Waals surface area contributed by atoms with Crippen molar-refractivity contribution in [2.45, 2.75) is 40.5 Å². The van der Waals surface area contributed by atoms with Gasteiger partial charge in [-0.1, -0.05) is 20.8 Å². The van der Waals surface area contributed by atoms with Crippen molar-refractivity contribution < 1.29 is 9.21 Å². The number of rotatable bonds is 4. The van der Waals surface area contributed by atoms with Crippen LogP contribution in [0.3, 0.4) is 0 Å². The van der Waals surface area contributed by atoms with Crippen molar-refractivity contribution >= 4 is 5.91 Å². The van der Waals surface area contributed by atoms with E-state index < -0.39 is 0 Å². The van der Waals surface area contributed by atoms with Crippen LogP contribution < -0.4 is 5.32 Å². The Bertz CT molecular complexity index is 350. The van der Waals surface area contributed by atoms with Gasteiger partial charge in [0.25, 0.3) is 0 Å². The standard InChI is InChI=1S/C12H20N2O2/c1-9-14-10(8-16-9)5-6-13-11(15)7-12(2,3)4/h8H,5-7H2,1-4H3,(H,13,15). The van der Waals surface area contributed by atoms with Gasteiger partial charge in [0.15, 0.2) is 5.89 Å². The van der Waals surface area contributed by atoms with Gasteiger partial charge in [0.2, 0.25) is 5.91 Å². The minimum atomic E-state index is 0.0363. The van der Waals surface area contributed by atoms with E-state index in [0.717, 1.165) is 5.69 Å². The lowest BCUT2D eigenvalue weighted by Crippen LogP contribution is -2.29. The van der Waals surface area contributed by atoms with Crippen LogP contribution in [0.1, 0.15) is 38.8 Å². The summed E-state index contributed by atoms with van der Waals surface area (Å²) < 4.78 is 5.08. The predicted molar refractivity (Wildman–Crippen MR) is 62.0 cm³/mol. The highest BCUT2D eigenvalue weighted by Gasteiger charge is 2.15. The topological polar surface area (TPSA) is 55.1 Å². The fourth-order valence-electron chi connectivity index (χ4n) is 1.40. The Kier molecular flexibility index (Phi) is 4.10. The molecule has 0 bridgehead atoms. The molecular formula is C12H20N2O2. The van der Waals surface area contributed by atoms with Crippen molar-refractivity contribution in [3.05, 3.63) is 17.8 Å². The maximum absolute atomic E-state index is 11.5. The molecule has 1 heterocycles. The van der Waals surface area contributed by atoms with Gasteiger partial charge in [0.1, 0.15) is 6.26 Å². The Labute approximate surface area is 96.4 Å². The zero-order valence-corrected chi connectivity index (χ0v) is 10.5. The lowest BCUT2D eigenvalue weighted by atomic mass is 9.92. The summed E-state index contributed by atoms with van der Waals surface area (Å²) in [4.78, 5) is 15.7. The number of carbonyl (C=O) groups excluding carboxylic acids is 1. The van der Waals surface area contributed by atoms with Crippen LogP contribution in [0, 0.1) is 12.3 Å². The molecule has 1 amide bonds. The van der Waals surface area contributed by atoms with Crippen molar-refractivity contribution in [1.29, 1.82) is 0 Å². The van der Waals surface area contributed by atoms with Crippen LogP contribution in [-0.2, 0) is 11.2 Å². The maximum Gasteiger partial charge on any atom is 0.220 e. The van der Waals surface area contributed by atoms with Gasteiger partial charge in [-0.3, -0.25) is 4.79 Å². The molecule has 90 valence electrons. The highest BCUT2D eigenvalue weighted by atomic mass is 16.3. The summed E-state index contributed by atoms with van der Waals surface area (Å²) in [6.07, 6.45) is 2.89. The van der Waals surface area contributed by atoms with E-state index in [0.29, 0.717) is 25.3 Å². The predicted octanol–water partition coefficient (Wildman–Crippen LogP) is 2.08. The monoisotopic (exact) mass is 224 g/mol. The minimum absolute atomic E-state index is 0.0363. The van der Waals surface area contributed by atoms with Crippen LogP contribution in [-0.4, -0.2) is 17.4 Å². The molecular weight excluding hydrogens is 204 g/mol. The molecule has 1 aromatic rings. The summed E-state index contributed by atoms with van der Waals surface area (Å²) in [6.45, 7) is 8.57. The first kappa shape index (κ1) is 12.7. The van der Waals surface area contributed by atoms with Gasteiger partial charge in [-0.15, -0.1) is 0 Å². The molecule has 1 N–H and O–H groups in total. The fraction of sp³-hybridized carbons (Fsp3) is 0.667. The van der Waals surface area contributed by atoms with Crippen LogP contribution in [0.4, 0.5) is 0 Å². The highest BCUT2D eigenvalue weighted by Crippen LogP contribution is 2.17. The van der Waals surface area contributed by atoms with E-state index >= 15 is 0 Å². The van der Waals surface area contributed by atoms with E-state index in [1.807, 2.05) is 27.7 Å². The van der Waals surface area contributed by atoms with Gasteiger partial charge in [-0.2, -0.15) is 0 Å². The van der Waals surface area contributed by atoms with Crippen LogP contribution in [0.15, 0.2) is 10.7 Å². The molecule has 0 aromatic carbocycles. The summed E-state index contributed by atoms with van der Waals surface area (Å²) in [5.41, 5.74) is 0.919. The normalized spacial score (nSPS) is 11.5. The molecule has 0 saturated carbocycles. The van der Waals surface area contributed by atoms with E-state index in [9.17, 15) is 4.79 Å². The van der Waals surface area contributed by atoms with Crippen LogP contribution in [0.25, 0.3) is 0 Å². The number of amides is 1. The number of aromatic nitrogens is 1. The first-order valence-electron chi connectivity index (χ1n) is 5.54. The summed E-state index contributed by atoms with van der Waals surface area (Å²) in [7, 11) is 0. The first-order chi connectivity index (χ1) is 7.37. The number of aryl methyl sites for hydroxylation is 1. The Morgan fingerprint density at radius 1 is 1.50 bits per heavy atom. The number of carbonyl (C=O) groups is 1. The molecule has 4 heteroatoms. The summed E-state index contributed by atoms with van der Waals surface area (Å²) >= 11 is 0. The molecule has 0 aliphatic rings. The molecule has 0 saturated heterocycles. The number of nitrogens with one attached hydrogen (secondary N) is 1. The third-order valence-corrected chi connectivity index (χ3v) is 2.06. The van der Waals surface area contributed by atoms with Gasteiger partial charge < -0.3 is 9.73 Å². The second-order valence-electron chi connectivity index (χ2n) is 5.20. The van der Waals surface area contributed by atoms with E-state index in [1.165, 1.54) is 0 Å². The lowest BCUT2D eigenvalue weighted by molar-refractivity contribution is -0.122. The zero-order chi connectivity index (χ0) is 12.2. The molecule has 0 spiro atoms. The molecule has 0 aliphatic heterocycles. The summed E-state index contributed by atoms with van der Waals surface area (Å²) in [6, 6.07) is 0. The number of oxazole rings is 1. The molecule has 16 heavy (non-hydrogen) atoms. The second kappa shape index (κ2) is 5.14. The Morgan fingerprint density at radius 3 is 2.69 bits per heavy atom. The molecule has 0 unspecified atom stereocenters. The highest BCUT2D eigenvalue weighted by molar-refractivity contribution is 5.76. The lowest BCUT2D eigenvalue weighted by Gasteiger charge is -2.16. The number of nitrogens with zero attached hydrogens (tertiary/aromatic N) is 1. The Morgan fingerprint density at radius 2 is 2.19 bits per heavy atom. The van der Waals surface area contributed by atoms with E-state index in [-0.39, 0.29) is 11.3 Å². The second-order valence-corrected chi connectivity index (χ2v) is 5.20. The van der Waals surface area contributed by atoms with Gasteiger partial charge in [0, 0.05) is 26.3 Å².